The normalized spacial score (nSPS) is 13.2. The molecule has 0 radical (unpaired) electrons. The average molecular weight is 452 g/mol. The van der Waals surface area contributed by atoms with Gasteiger partial charge in [0.15, 0.2) is 0 Å². The fraction of sp³-hybridized carbons (Fsp3) is 0.118. The van der Waals surface area contributed by atoms with Crippen LogP contribution in [0, 0.1) is 0 Å². The van der Waals surface area contributed by atoms with Gasteiger partial charge in [-0.2, -0.15) is 0 Å². The van der Waals surface area contributed by atoms with Crippen molar-refractivity contribution in [3.8, 4) is 33.4 Å². The summed E-state index contributed by atoms with van der Waals surface area (Å²) in [7, 11) is 2.18. The zero-order valence-electron chi connectivity index (χ0n) is 20.5. The maximum absolute atomic E-state index is 2.33. The second kappa shape index (κ2) is 8.29. The molecule has 0 amide bonds. The monoisotopic (exact) mass is 451 g/mol. The highest BCUT2D eigenvalue weighted by molar-refractivity contribution is 5.92. The molecule has 5 aromatic rings. The molecule has 0 N–H and O–H groups in total. The number of anilines is 2. The molecule has 0 heterocycles. The Kier molecular flexibility index (Phi) is 5.07. The van der Waals surface area contributed by atoms with Crippen molar-refractivity contribution >= 4 is 11.4 Å². The van der Waals surface area contributed by atoms with Gasteiger partial charge in [-0.1, -0.05) is 111 Å². The summed E-state index contributed by atoms with van der Waals surface area (Å²) in [6, 6.07) is 43.9. The van der Waals surface area contributed by atoms with Crippen molar-refractivity contribution in [2.45, 2.75) is 19.3 Å². The van der Waals surface area contributed by atoms with Crippen molar-refractivity contribution < 1.29 is 0 Å². The molecule has 0 spiro atoms. The summed E-state index contributed by atoms with van der Waals surface area (Å²) >= 11 is 0. The molecule has 0 fully saturated rings. The van der Waals surface area contributed by atoms with E-state index in [-0.39, 0.29) is 5.41 Å². The molecule has 1 nitrogen and oxygen atoms in total. The summed E-state index contributed by atoms with van der Waals surface area (Å²) in [5.41, 5.74) is 12.9. The van der Waals surface area contributed by atoms with Gasteiger partial charge in [0.05, 0.1) is 0 Å². The van der Waals surface area contributed by atoms with Crippen LogP contribution in [0.25, 0.3) is 33.4 Å². The highest BCUT2D eigenvalue weighted by atomic mass is 15.1. The standard InChI is InChI=1S/C34H29N/c1-34(2)30-16-8-7-15-29(30)33-31(34)17-10-18-32(33)35(3)28-21-19-25(20-22-28)27-14-9-13-26(23-27)24-11-5-4-6-12-24/h4-23H,1-3H3. The van der Waals surface area contributed by atoms with Crippen molar-refractivity contribution in [1.29, 1.82) is 0 Å². The van der Waals surface area contributed by atoms with Gasteiger partial charge in [0.2, 0.25) is 0 Å². The summed E-state index contributed by atoms with van der Waals surface area (Å²) in [5, 5.41) is 0. The number of rotatable bonds is 4. The summed E-state index contributed by atoms with van der Waals surface area (Å²) in [5.74, 6) is 0. The third-order valence-electron chi connectivity index (χ3n) is 7.50. The lowest BCUT2D eigenvalue weighted by molar-refractivity contribution is 0.660. The van der Waals surface area contributed by atoms with Crippen molar-refractivity contribution in [1.82, 2.24) is 0 Å². The maximum atomic E-state index is 2.33. The first-order chi connectivity index (χ1) is 17.0. The highest BCUT2D eigenvalue weighted by Crippen LogP contribution is 2.52. The third kappa shape index (κ3) is 3.56. The van der Waals surface area contributed by atoms with E-state index in [1.54, 1.807) is 0 Å². The first-order valence-electron chi connectivity index (χ1n) is 12.3. The minimum atomic E-state index is 0.0103. The SMILES string of the molecule is CN(c1ccc(-c2cccc(-c3ccccc3)c2)cc1)c1cccc2c1-c1ccccc1C2(C)C. The Hall–Kier alpha value is -4.10. The topological polar surface area (TPSA) is 3.24 Å². The van der Waals surface area contributed by atoms with Gasteiger partial charge in [-0.05, 0) is 63.2 Å². The molecule has 0 saturated heterocycles. The molecule has 0 aromatic heterocycles. The largest absolute Gasteiger partial charge is 0.344 e. The van der Waals surface area contributed by atoms with E-state index in [2.05, 4.69) is 147 Å². The summed E-state index contributed by atoms with van der Waals surface area (Å²) < 4.78 is 0. The van der Waals surface area contributed by atoms with Crippen LogP contribution in [0.15, 0.2) is 121 Å². The maximum Gasteiger partial charge on any atom is 0.0491 e. The van der Waals surface area contributed by atoms with Gasteiger partial charge in [-0.3, -0.25) is 0 Å². The van der Waals surface area contributed by atoms with Crippen LogP contribution >= 0.6 is 0 Å². The van der Waals surface area contributed by atoms with Crippen LogP contribution in [0.2, 0.25) is 0 Å². The summed E-state index contributed by atoms with van der Waals surface area (Å²) in [6.07, 6.45) is 0. The Balaban J connectivity index is 1.35. The molecule has 6 rings (SSSR count). The number of hydrogen-bond donors (Lipinski definition) is 0. The van der Waals surface area contributed by atoms with Gasteiger partial charge in [0.1, 0.15) is 0 Å². The van der Waals surface area contributed by atoms with Gasteiger partial charge in [0, 0.05) is 29.4 Å². The minimum absolute atomic E-state index is 0.0103. The van der Waals surface area contributed by atoms with Gasteiger partial charge < -0.3 is 4.90 Å². The number of hydrogen-bond acceptors (Lipinski definition) is 1. The van der Waals surface area contributed by atoms with Crippen LogP contribution < -0.4 is 4.90 Å². The molecule has 0 bridgehead atoms. The van der Waals surface area contributed by atoms with E-state index in [1.807, 2.05) is 0 Å². The summed E-state index contributed by atoms with van der Waals surface area (Å²) in [4.78, 5) is 2.32. The second-order valence-corrected chi connectivity index (χ2v) is 9.92. The lowest BCUT2D eigenvalue weighted by Crippen LogP contribution is -2.15. The third-order valence-corrected chi connectivity index (χ3v) is 7.50. The minimum Gasteiger partial charge on any atom is -0.344 e. The molecule has 5 aromatic carbocycles. The fourth-order valence-electron chi connectivity index (χ4n) is 5.54. The van der Waals surface area contributed by atoms with E-state index in [0.29, 0.717) is 0 Å². The van der Waals surface area contributed by atoms with Gasteiger partial charge in [0.25, 0.3) is 0 Å². The Morgan fingerprint density at radius 2 is 1.09 bits per heavy atom. The van der Waals surface area contributed by atoms with Crippen molar-refractivity contribution in [2.75, 3.05) is 11.9 Å². The lowest BCUT2D eigenvalue weighted by atomic mass is 9.82. The number of benzene rings is 5. The van der Waals surface area contributed by atoms with Crippen LogP contribution in [0.1, 0.15) is 25.0 Å². The number of nitrogens with zero attached hydrogens (tertiary/aromatic N) is 1. The molecule has 0 unspecified atom stereocenters. The average Bonchev–Trinajstić information content (AvgIpc) is 3.16. The van der Waals surface area contributed by atoms with Gasteiger partial charge in [-0.25, -0.2) is 0 Å². The first-order valence-corrected chi connectivity index (χ1v) is 12.3. The van der Waals surface area contributed by atoms with Gasteiger partial charge >= 0.3 is 0 Å². The molecule has 35 heavy (non-hydrogen) atoms. The highest BCUT2D eigenvalue weighted by Gasteiger charge is 2.36. The van der Waals surface area contributed by atoms with Crippen LogP contribution in [-0.4, -0.2) is 7.05 Å². The Bertz CT molecular complexity index is 1510. The van der Waals surface area contributed by atoms with E-state index >= 15 is 0 Å². The molecule has 0 aliphatic heterocycles. The molecular formula is C34H29N. The quantitative estimate of drug-likeness (QED) is 0.263. The summed E-state index contributed by atoms with van der Waals surface area (Å²) in [6.45, 7) is 4.67. The Morgan fingerprint density at radius 1 is 0.514 bits per heavy atom. The van der Waals surface area contributed by atoms with Gasteiger partial charge in [-0.15, -0.1) is 0 Å². The van der Waals surface area contributed by atoms with Crippen LogP contribution in [0.4, 0.5) is 11.4 Å². The van der Waals surface area contributed by atoms with E-state index in [4.69, 9.17) is 0 Å². The zero-order valence-corrected chi connectivity index (χ0v) is 20.5. The molecule has 1 heteroatoms. The van der Waals surface area contributed by atoms with Crippen molar-refractivity contribution in [3.05, 3.63) is 132 Å². The van der Waals surface area contributed by atoms with E-state index in [0.717, 1.165) is 0 Å². The smallest absolute Gasteiger partial charge is 0.0491 e. The molecular weight excluding hydrogens is 422 g/mol. The molecule has 1 aliphatic rings. The molecule has 0 atom stereocenters. The van der Waals surface area contributed by atoms with E-state index < -0.39 is 0 Å². The number of fused-ring (bicyclic) bond motifs is 3. The van der Waals surface area contributed by atoms with Crippen LogP contribution in [-0.2, 0) is 5.41 Å². The first kappa shape index (κ1) is 21.4. The zero-order chi connectivity index (χ0) is 24.0. The van der Waals surface area contributed by atoms with E-state index in [9.17, 15) is 0 Å². The van der Waals surface area contributed by atoms with Crippen LogP contribution in [0.3, 0.4) is 0 Å². The predicted molar refractivity (Wildman–Crippen MR) is 149 cm³/mol. The van der Waals surface area contributed by atoms with E-state index in [1.165, 1.54) is 55.9 Å². The second-order valence-electron chi connectivity index (χ2n) is 9.92. The van der Waals surface area contributed by atoms with Crippen molar-refractivity contribution in [3.63, 3.8) is 0 Å². The lowest BCUT2D eigenvalue weighted by Gasteiger charge is -2.25. The van der Waals surface area contributed by atoms with Crippen molar-refractivity contribution in [2.24, 2.45) is 0 Å². The molecule has 170 valence electrons. The Labute approximate surface area is 208 Å². The fourth-order valence-corrected chi connectivity index (χ4v) is 5.54. The molecule has 0 saturated carbocycles. The predicted octanol–water partition coefficient (Wildman–Crippen LogP) is 9.09. The Morgan fingerprint density at radius 3 is 1.83 bits per heavy atom. The molecule has 1 aliphatic carbocycles. The van der Waals surface area contributed by atoms with Crippen LogP contribution in [0.5, 0.6) is 0 Å².